The first-order chi connectivity index (χ1) is 12.8. The van der Waals surface area contributed by atoms with Crippen LogP contribution in [0.15, 0.2) is 43.0 Å². The van der Waals surface area contributed by atoms with E-state index in [1.165, 1.54) is 11.4 Å². The Bertz CT molecular complexity index is 820. The molecule has 8 nitrogen and oxygen atoms in total. The number of nitrogens with zero attached hydrogens (tertiary/aromatic N) is 3. The third kappa shape index (κ3) is 6.28. The topological polar surface area (TPSA) is 93.5 Å². The van der Waals surface area contributed by atoms with Gasteiger partial charge in [0.25, 0.3) is 5.91 Å². The average molecular weight is 394 g/mol. The highest BCUT2D eigenvalue weighted by molar-refractivity contribution is 7.92. The summed E-state index contributed by atoms with van der Waals surface area (Å²) >= 11 is 0. The third-order valence-electron chi connectivity index (χ3n) is 4.09. The van der Waals surface area contributed by atoms with Crippen molar-refractivity contribution in [2.75, 3.05) is 24.2 Å². The lowest BCUT2D eigenvalue weighted by atomic mass is 10.2. The Labute approximate surface area is 160 Å². The Balaban J connectivity index is 1.85. The summed E-state index contributed by atoms with van der Waals surface area (Å²) < 4.78 is 32.0. The number of hydrogen-bond donors (Lipinski definition) is 1. The van der Waals surface area contributed by atoms with Crippen LogP contribution in [0.25, 0.3) is 0 Å². The molecule has 1 atom stereocenters. The summed E-state index contributed by atoms with van der Waals surface area (Å²) in [7, 11) is -1.83. The molecule has 0 spiro atoms. The predicted molar refractivity (Wildman–Crippen MR) is 104 cm³/mol. The number of benzene rings is 1. The standard InChI is InChI=1S/C18H26N4O4S/c1-4-17(18(23)20-10-5-12-22-13-11-19-14-22)26-16-8-6-15(7-9-16)21(2)27(3,24)25/h6-9,11,13-14,17H,4-5,10,12H2,1-3H3,(H,20,23)/t17-/m0/s1. The van der Waals surface area contributed by atoms with Crippen LogP contribution in [0.1, 0.15) is 19.8 Å². The molecule has 1 aromatic carbocycles. The van der Waals surface area contributed by atoms with Crippen molar-refractivity contribution in [3.8, 4) is 5.75 Å². The van der Waals surface area contributed by atoms with Crippen molar-refractivity contribution < 1.29 is 17.9 Å². The van der Waals surface area contributed by atoms with Gasteiger partial charge in [0.05, 0.1) is 18.3 Å². The van der Waals surface area contributed by atoms with E-state index in [-0.39, 0.29) is 5.91 Å². The molecule has 27 heavy (non-hydrogen) atoms. The lowest BCUT2D eigenvalue weighted by molar-refractivity contribution is -0.128. The molecule has 1 N–H and O–H groups in total. The molecular formula is C18H26N4O4S. The van der Waals surface area contributed by atoms with Crippen molar-refractivity contribution in [2.45, 2.75) is 32.4 Å². The number of sulfonamides is 1. The Kier molecular flexibility index (Phi) is 7.23. The van der Waals surface area contributed by atoms with Gasteiger partial charge in [-0.3, -0.25) is 9.10 Å². The quantitative estimate of drug-likeness (QED) is 0.619. The maximum atomic E-state index is 12.3. The molecular weight excluding hydrogens is 368 g/mol. The average Bonchev–Trinajstić information content (AvgIpc) is 3.15. The van der Waals surface area contributed by atoms with Crippen LogP contribution in [0.2, 0.25) is 0 Å². The van der Waals surface area contributed by atoms with Gasteiger partial charge in [0.2, 0.25) is 10.0 Å². The van der Waals surface area contributed by atoms with Gasteiger partial charge in [-0.25, -0.2) is 13.4 Å². The first kappa shape index (κ1) is 20.8. The Morgan fingerprint density at radius 1 is 1.33 bits per heavy atom. The van der Waals surface area contributed by atoms with Crippen molar-refractivity contribution in [3.05, 3.63) is 43.0 Å². The molecule has 148 valence electrons. The summed E-state index contributed by atoms with van der Waals surface area (Å²) in [5.41, 5.74) is 0.529. The zero-order chi connectivity index (χ0) is 19.9. The number of amides is 1. The van der Waals surface area contributed by atoms with E-state index in [1.807, 2.05) is 17.7 Å². The van der Waals surface area contributed by atoms with Crippen LogP contribution in [0.3, 0.4) is 0 Å². The zero-order valence-corrected chi connectivity index (χ0v) is 16.6. The highest BCUT2D eigenvalue weighted by Gasteiger charge is 2.18. The van der Waals surface area contributed by atoms with Crippen molar-refractivity contribution in [3.63, 3.8) is 0 Å². The van der Waals surface area contributed by atoms with E-state index in [9.17, 15) is 13.2 Å². The van der Waals surface area contributed by atoms with E-state index in [0.717, 1.165) is 19.2 Å². The second-order valence-corrected chi connectivity index (χ2v) is 8.20. The number of anilines is 1. The molecule has 1 heterocycles. The van der Waals surface area contributed by atoms with Crippen molar-refractivity contribution in [2.24, 2.45) is 0 Å². The van der Waals surface area contributed by atoms with Crippen LogP contribution in [-0.4, -0.2) is 49.8 Å². The maximum absolute atomic E-state index is 12.3. The zero-order valence-electron chi connectivity index (χ0n) is 15.8. The van der Waals surface area contributed by atoms with E-state index in [1.54, 1.807) is 36.8 Å². The monoisotopic (exact) mass is 394 g/mol. The van der Waals surface area contributed by atoms with Crippen LogP contribution in [0, 0.1) is 0 Å². The molecule has 0 saturated heterocycles. The molecule has 1 amide bonds. The van der Waals surface area contributed by atoms with Crippen molar-refractivity contribution in [1.82, 2.24) is 14.9 Å². The van der Waals surface area contributed by atoms with Crippen LogP contribution >= 0.6 is 0 Å². The summed E-state index contributed by atoms with van der Waals surface area (Å²) in [6.45, 7) is 3.21. The molecule has 0 bridgehead atoms. The summed E-state index contributed by atoms with van der Waals surface area (Å²) in [4.78, 5) is 16.3. The molecule has 0 aliphatic heterocycles. The van der Waals surface area contributed by atoms with Gasteiger partial charge < -0.3 is 14.6 Å². The van der Waals surface area contributed by atoms with Gasteiger partial charge in [0.15, 0.2) is 6.10 Å². The third-order valence-corrected chi connectivity index (χ3v) is 5.30. The Hall–Kier alpha value is -2.55. The number of imidazole rings is 1. The first-order valence-corrected chi connectivity index (χ1v) is 10.6. The summed E-state index contributed by atoms with van der Waals surface area (Å²) in [6.07, 6.45) is 7.20. The summed E-state index contributed by atoms with van der Waals surface area (Å²) in [6, 6.07) is 6.61. The van der Waals surface area contributed by atoms with E-state index in [2.05, 4.69) is 10.3 Å². The molecule has 0 radical (unpaired) electrons. The fourth-order valence-electron chi connectivity index (χ4n) is 2.42. The molecule has 0 aliphatic carbocycles. The smallest absolute Gasteiger partial charge is 0.261 e. The number of ether oxygens (including phenoxy) is 1. The number of carbonyl (C=O) groups is 1. The molecule has 2 aromatic rings. The SMILES string of the molecule is CC[C@H](Oc1ccc(N(C)S(C)(=O)=O)cc1)C(=O)NCCCn1ccnc1. The van der Waals surface area contributed by atoms with Crippen molar-refractivity contribution >= 4 is 21.6 Å². The molecule has 0 fully saturated rings. The van der Waals surface area contributed by atoms with E-state index in [0.29, 0.717) is 24.4 Å². The van der Waals surface area contributed by atoms with Crippen LogP contribution < -0.4 is 14.4 Å². The van der Waals surface area contributed by atoms with Gasteiger partial charge >= 0.3 is 0 Å². The predicted octanol–water partition coefficient (Wildman–Crippen LogP) is 1.64. The van der Waals surface area contributed by atoms with Gasteiger partial charge in [-0.2, -0.15) is 0 Å². The van der Waals surface area contributed by atoms with Gasteiger partial charge in [-0.1, -0.05) is 6.92 Å². The number of rotatable bonds is 10. The van der Waals surface area contributed by atoms with E-state index in [4.69, 9.17) is 4.74 Å². The van der Waals surface area contributed by atoms with E-state index >= 15 is 0 Å². The maximum Gasteiger partial charge on any atom is 0.261 e. The van der Waals surface area contributed by atoms with E-state index < -0.39 is 16.1 Å². The number of aromatic nitrogens is 2. The summed E-state index contributed by atoms with van der Waals surface area (Å²) in [5.74, 6) is 0.349. The molecule has 1 aromatic heterocycles. The van der Waals surface area contributed by atoms with Crippen molar-refractivity contribution in [1.29, 1.82) is 0 Å². The normalized spacial score (nSPS) is 12.4. The van der Waals surface area contributed by atoms with Crippen LogP contribution in [0.5, 0.6) is 5.75 Å². The first-order valence-electron chi connectivity index (χ1n) is 8.75. The Morgan fingerprint density at radius 2 is 2.04 bits per heavy atom. The molecule has 0 saturated carbocycles. The molecule has 0 unspecified atom stereocenters. The highest BCUT2D eigenvalue weighted by atomic mass is 32.2. The second-order valence-electron chi connectivity index (χ2n) is 6.18. The Morgan fingerprint density at radius 3 is 2.59 bits per heavy atom. The number of hydrogen-bond acceptors (Lipinski definition) is 5. The molecule has 2 rings (SSSR count). The van der Waals surface area contributed by atoms with Crippen LogP contribution in [-0.2, 0) is 21.4 Å². The summed E-state index contributed by atoms with van der Waals surface area (Å²) in [5, 5.41) is 2.88. The minimum Gasteiger partial charge on any atom is -0.481 e. The lowest BCUT2D eigenvalue weighted by Gasteiger charge is -2.19. The van der Waals surface area contributed by atoms with Gasteiger partial charge in [0.1, 0.15) is 5.75 Å². The fourth-order valence-corrected chi connectivity index (χ4v) is 2.92. The van der Waals surface area contributed by atoms with Gasteiger partial charge in [0, 0.05) is 32.5 Å². The molecule has 9 heteroatoms. The minimum atomic E-state index is -3.32. The number of carbonyl (C=O) groups excluding carboxylic acids is 1. The number of aryl methyl sites for hydroxylation is 1. The number of nitrogens with one attached hydrogen (secondary N) is 1. The molecule has 0 aliphatic rings. The van der Waals surface area contributed by atoms with Crippen LogP contribution in [0.4, 0.5) is 5.69 Å². The fraction of sp³-hybridized carbons (Fsp3) is 0.444. The second kappa shape index (κ2) is 9.40. The highest BCUT2D eigenvalue weighted by Crippen LogP contribution is 2.21. The van der Waals surface area contributed by atoms with Gasteiger partial charge in [-0.15, -0.1) is 0 Å². The van der Waals surface area contributed by atoms with Gasteiger partial charge in [-0.05, 0) is 37.1 Å². The largest absolute Gasteiger partial charge is 0.481 e. The minimum absolute atomic E-state index is 0.166. The lowest BCUT2D eigenvalue weighted by Crippen LogP contribution is -2.38.